The molecule has 0 saturated carbocycles. The first-order valence-corrected chi connectivity index (χ1v) is 6.51. The standard InChI is InChI=1S/C15H14BFO3/c17-15-8-12(5-6-14(15)16(18)19)20-9-11-7-10-3-1-2-4-13(10)11/h1-6,8,11,18-19H,7,9H2. The van der Waals surface area contributed by atoms with E-state index in [1.165, 1.54) is 23.3 Å². The second-order valence-corrected chi connectivity index (χ2v) is 4.97. The molecule has 0 heterocycles. The first kappa shape index (κ1) is 13.2. The third kappa shape index (κ3) is 2.42. The van der Waals surface area contributed by atoms with Crippen LogP contribution in [0.15, 0.2) is 42.5 Å². The summed E-state index contributed by atoms with van der Waals surface area (Å²) in [6, 6.07) is 12.2. The second-order valence-electron chi connectivity index (χ2n) is 4.97. The van der Waals surface area contributed by atoms with Gasteiger partial charge in [0.05, 0.1) is 6.61 Å². The highest BCUT2D eigenvalue weighted by Gasteiger charge is 2.26. The molecule has 0 radical (unpaired) electrons. The minimum atomic E-state index is -1.80. The van der Waals surface area contributed by atoms with Crippen molar-refractivity contribution in [2.24, 2.45) is 0 Å². The van der Waals surface area contributed by atoms with Gasteiger partial charge in [-0.25, -0.2) is 4.39 Å². The minimum absolute atomic E-state index is 0.147. The largest absolute Gasteiger partial charge is 0.493 e. The van der Waals surface area contributed by atoms with Crippen molar-refractivity contribution in [3.63, 3.8) is 0 Å². The molecule has 1 unspecified atom stereocenters. The van der Waals surface area contributed by atoms with Crippen LogP contribution in [0.3, 0.4) is 0 Å². The predicted molar refractivity (Wildman–Crippen MR) is 74.6 cm³/mol. The first-order valence-electron chi connectivity index (χ1n) is 6.51. The van der Waals surface area contributed by atoms with E-state index >= 15 is 0 Å². The molecule has 0 fully saturated rings. The van der Waals surface area contributed by atoms with E-state index in [-0.39, 0.29) is 5.46 Å². The maximum atomic E-state index is 13.6. The maximum absolute atomic E-state index is 13.6. The number of rotatable bonds is 4. The molecule has 0 saturated heterocycles. The lowest BCUT2D eigenvalue weighted by atomic mass is 9.78. The first-order chi connectivity index (χ1) is 9.65. The van der Waals surface area contributed by atoms with Crippen LogP contribution in [0, 0.1) is 5.82 Å². The zero-order valence-corrected chi connectivity index (χ0v) is 10.8. The maximum Gasteiger partial charge on any atom is 0.491 e. The van der Waals surface area contributed by atoms with Crippen LogP contribution in [-0.2, 0) is 6.42 Å². The van der Waals surface area contributed by atoms with Gasteiger partial charge in [-0.1, -0.05) is 30.3 Å². The zero-order chi connectivity index (χ0) is 14.1. The highest BCUT2D eigenvalue weighted by Crippen LogP contribution is 2.35. The molecule has 1 aliphatic rings. The van der Waals surface area contributed by atoms with Gasteiger partial charge in [-0.15, -0.1) is 0 Å². The van der Waals surface area contributed by atoms with Crippen LogP contribution in [-0.4, -0.2) is 23.8 Å². The summed E-state index contributed by atoms with van der Waals surface area (Å²) in [6.07, 6.45) is 0.978. The average molecular weight is 272 g/mol. The Morgan fingerprint density at radius 1 is 1.20 bits per heavy atom. The van der Waals surface area contributed by atoms with Gasteiger partial charge in [-0.2, -0.15) is 0 Å². The molecule has 3 nitrogen and oxygen atoms in total. The zero-order valence-electron chi connectivity index (χ0n) is 10.8. The fourth-order valence-electron chi connectivity index (χ4n) is 2.52. The van der Waals surface area contributed by atoms with Crippen molar-refractivity contribution in [3.8, 4) is 5.75 Å². The van der Waals surface area contributed by atoms with Crippen LogP contribution in [0.4, 0.5) is 4.39 Å². The molecule has 3 rings (SSSR count). The highest BCUT2D eigenvalue weighted by atomic mass is 19.1. The van der Waals surface area contributed by atoms with Gasteiger partial charge < -0.3 is 14.8 Å². The summed E-state index contributed by atoms with van der Waals surface area (Å²) in [7, 11) is -1.80. The topological polar surface area (TPSA) is 49.7 Å². The van der Waals surface area contributed by atoms with Crippen molar-refractivity contribution in [1.82, 2.24) is 0 Å². The normalized spacial score (nSPS) is 16.2. The molecule has 0 spiro atoms. The fraction of sp³-hybridized carbons (Fsp3) is 0.200. The molecule has 1 atom stereocenters. The van der Waals surface area contributed by atoms with Crippen LogP contribution in [0.25, 0.3) is 0 Å². The van der Waals surface area contributed by atoms with Gasteiger partial charge in [0.2, 0.25) is 0 Å². The lowest BCUT2D eigenvalue weighted by Crippen LogP contribution is -2.32. The summed E-state index contributed by atoms with van der Waals surface area (Å²) in [5, 5.41) is 17.9. The lowest BCUT2D eigenvalue weighted by molar-refractivity contribution is 0.274. The average Bonchev–Trinajstić information content (AvgIpc) is 2.39. The van der Waals surface area contributed by atoms with Crippen molar-refractivity contribution >= 4 is 12.6 Å². The Labute approximate surface area is 116 Å². The van der Waals surface area contributed by atoms with Crippen LogP contribution < -0.4 is 10.2 Å². The molecule has 2 aromatic rings. The van der Waals surface area contributed by atoms with Crippen LogP contribution in [0.2, 0.25) is 0 Å². The van der Waals surface area contributed by atoms with Gasteiger partial charge in [-0.05, 0) is 23.6 Å². The third-order valence-electron chi connectivity index (χ3n) is 3.66. The number of ether oxygens (including phenoxy) is 1. The van der Waals surface area contributed by atoms with Crippen LogP contribution >= 0.6 is 0 Å². The number of halogens is 1. The molecule has 2 N–H and O–H groups in total. The van der Waals surface area contributed by atoms with Crippen molar-refractivity contribution in [2.75, 3.05) is 6.61 Å². The van der Waals surface area contributed by atoms with E-state index in [1.54, 1.807) is 6.07 Å². The summed E-state index contributed by atoms with van der Waals surface area (Å²) in [5.74, 6) is 0.0696. The van der Waals surface area contributed by atoms with E-state index in [0.29, 0.717) is 18.3 Å². The Bertz CT molecular complexity index is 630. The fourth-order valence-corrected chi connectivity index (χ4v) is 2.52. The Kier molecular flexibility index (Phi) is 3.46. The van der Waals surface area contributed by atoms with Crippen molar-refractivity contribution < 1.29 is 19.2 Å². The predicted octanol–water partition coefficient (Wildman–Crippen LogP) is 1.22. The van der Waals surface area contributed by atoms with Gasteiger partial charge in [-0.3, -0.25) is 0 Å². The summed E-state index contributed by atoms with van der Waals surface area (Å²) < 4.78 is 19.1. The monoisotopic (exact) mass is 272 g/mol. The smallest absolute Gasteiger partial charge is 0.491 e. The molecule has 0 amide bonds. The van der Waals surface area contributed by atoms with Gasteiger partial charge >= 0.3 is 7.12 Å². The van der Waals surface area contributed by atoms with Crippen LogP contribution in [0.1, 0.15) is 17.0 Å². The third-order valence-corrected chi connectivity index (χ3v) is 3.66. The Morgan fingerprint density at radius 3 is 2.70 bits per heavy atom. The van der Waals surface area contributed by atoms with Crippen molar-refractivity contribution in [1.29, 1.82) is 0 Å². The van der Waals surface area contributed by atoms with E-state index < -0.39 is 12.9 Å². The van der Waals surface area contributed by atoms with E-state index in [1.807, 2.05) is 12.1 Å². The molecule has 5 heteroatoms. The van der Waals surface area contributed by atoms with Gasteiger partial charge in [0.25, 0.3) is 0 Å². The molecule has 0 aliphatic heterocycles. The van der Waals surface area contributed by atoms with Crippen LogP contribution in [0.5, 0.6) is 5.75 Å². The number of hydrogen-bond donors (Lipinski definition) is 2. The minimum Gasteiger partial charge on any atom is -0.493 e. The summed E-state index contributed by atoms with van der Waals surface area (Å²) in [4.78, 5) is 0. The van der Waals surface area contributed by atoms with Crippen molar-refractivity contribution in [2.45, 2.75) is 12.3 Å². The molecule has 102 valence electrons. The summed E-state index contributed by atoms with van der Waals surface area (Å²) in [5.41, 5.74) is 2.48. The second kappa shape index (κ2) is 5.27. The Balaban J connectivity index is 1.64. The molecule has 0 aromatic heterocycles. The lowest BCUT2D eigenvalue weighted by Gasteiger charge is -2.29. The summed E-state index contributed by atoms with van der Waals surface area (Å²) in [6.45, 7) is 0.497. The van der Waals surface area contributed by atoms with E-state index in [0.717, 1.165) is 6.42 Å². The molecule has 0 bridgehead atoms. The van der Waals surface area contributed by atoms with Crippen molar-refractivity contribution in [3.05, 3.63) is 59.4 Å². The number of hydrogen-bond acceptors (Lipinski definition) is 3. The number of fused-ring (bicyclic) bond motifs is 1. The SMILES string of the molecule is OB(O)c1ccc(OCC2Cc3ccccc32)cc1F. The molecular formula is C15H14BFO3. The summed E-state index contributed by atoms with van der Waals surface area (Å²) >= 11 is 0. The highest BCUT2D eigenvalue weighted by molar-refractivity contribution is 6.58. The molecule has 2 aromatic carbocycles. The Morgan fingerprint density at radius 2 is 2.00 bits per heavy atom. The Hall–Kier alpha value is -1.85. The van der Waals surface area contributed by atoms with E-state index in [9.17, 15) is 4.39 Å². The number of benzene rings is 2. The van der Waals surface area contributed by atoms with E-state index in [2.05, 4.69) is 12.1 Å². The quantitative estimate of drug-likeness (QED) is 0.823. The van der Waals surface area contributed by atoms with Gasteiger partial charge in [0.15, 0.2) is 0 Å². The van der Waals surface area contributed by atoms with Gasteiger partial charge in [0.1, 0.15) is 11.6 Å². The molecular weight excluding hydrogens is 258 g/mol. The van der Waals surface area contributed by atoms with Gasteiger partial charge in [0, 0.05) is 17.4 Å². The molecule has 20 heavy (non-hydrogen) atoms. The van der Waals surface area contributed by atoms with E-state index in [4.69, 9.17) is 14.8 Å². The molecule has 1 aliphatic carbocycles.